The monoisotopic (exact) mass is 461 g/mol. The van der Waals surface area contributed by atoms with Gasteiger partial charge in [-0.3, -0.25) is 19.7 Å². The lowest BCUT2D eigenvalue weighted by atomic mass is 9.81. The number of Topliss-reactive ketones (excluding diaryl/α,β-unsaturated/α-hetero) is 2. The molecule has 0 amide bonds. The molecule has 3 rings (SSSR count). The number of allylic oxidation sites excluding steroid dienone is 3. The number of nitro groups is 1. The zero-order chi connectivity index (χ0) is 24.1. The lowest BCUT2D eigenvalue weighted by Crippen LogP contribution is -2.27. The highest BCUT2D eigenvalue weighted by Gasteiger charge is 2.33. The molecule has 7 nitrogen and oxygen atoms in total. The number of carbonyl (C=O) groups is 2. The van der Waals surface area contributed by atoms with Crippen LogP contribution in [-0.4, -0.2) is 22.2 Å². The number of nitriles is 1. The predicted octanol–water partition coefficient (Wildman–Crippen LogP) is 5.06. The van der Waals surface area contributed by atoms with Gasteiger partial charge in [0.1, 0.15) is 0 Å². The van der Waals surface area contributed by atoms with Gasteiger partial charge in [0.2, 0.25) is 0 Å². The second kappa shape index (κ2) is 10.3. The van der Waals surface area contributed by atoms with E-state index < -0.39 is 10.8 Å². The highest BCUT2D eigenvalue weighted by Crippen LogP contribution is 2.41. The van der Waals surface area contributed by atoms with Crippen molar-refractivity contribution in [2.24, 2.45) is 0 Å². The van der Waals surface area contributed by atoms with Crippen LogP contribution in [0.15, 0.2) is 70.4 Å². The van der Waals surface area contributed by atoms with Crippen LogP contribution >= 0.6 is 11.8 Å². The van der Waals surface area contributed by atoms with Gasteiger partial charge in [0.05, 0.1) is 33.3 Å². The molecule has 0 aromatic heterocycles. The lowest BCUT2D eigenvalue weighted by Gasteiger charge is -2.29. The molecule has 168 valence electrons. The molecular formula is C25H23N3O4S. The van der Waals surface area contributed by atoms with E-state index in [0.717, 1.165) is 29.3 Å². The Balaban J connectivity index is 1.94. The molecular weight excluding hydrogens is 438 g/mol. The molecule has 0 saturated heterocycles. The molecule has 0 bridgehead atoms. The molecule has 1 N–H and O–H groups in total. The van der Waals surface area contributed by atoms with Crippen LogP contribution in [0.1, 0.15) is 48.2 Å². The number of nitrogens with one attached hydrogen (secondary N) is 1. The van der Waals surface area contributed by atoms with E-state index in [0.29, 0.717) is 21.9 Å². The van der Waals surface area contributed by atoms with Gasteiger partial charge in [0.25, 0.3) is 5.69 Å². The number of dihydropyridines is 1. The lowest BCUT2D eigenvalue weighted by molar-refractivity contribution is -0.384. The maximum absolute atomic E-state index is 12.7. The number of benzene rings is 2. The third-order valence-corrected chi connectivity index (χ3v) is 6.49. The largest absolute Gasteiger partial charge is 0.353 e. The van der Waals surface area contributed by atoms with Crippen LogP contribution in [0.3, 0.4) is 0 Å². The van der Waals surface area contributed by atoms with Crippen molar-refractivity contribution in [3.63, 3.8) is 0 Å². The maximum Gasteiger partial charge on any atom is 0.270 e. The number of rotatable bonds is 8. The van der Waals surface area contributed by atoms with Crippen molar-refractivity contribution < 1.29 is 14.5 Å². The number of hydrogen-bond acceptors (Lipinski definition) is 7. The first-order chi connectivity index (χ1) is 15.8. The Bertz CT molecular complexity index is 1220. The minimum Gasteiger partial charge on any atom is -0.353 e. The van der Waals surface area contributed by atoms with Crippen molar-refractivity contribution in [1.82, 2.24) is 5.32 Å². The summed E-state index contributed by atoms with van der Waals surface area (Å²) in [5.41, 5.74) is 3.58. The van der Waals surface area contributed by atoms with Crippen LogP contribution in [-0.2, 0) is 11.2 Å². The molecule has 0 unspecified atom stereocenters. The normalized spacial score (nSPS) is 15.6. The van der Waals surface area contributed by atoms with Gasteiger partial charge in [-0.25, -0.2) is 0 Å². The van der Waals surface area contributed by atoms with Crippen molar-refractivity contribution in [2.75, 3.05) is 5.75 Å². The fourth-order valence-electron chi connectivity index (χ4n) is 3.79. The fourth-order valence-corrected chi connectivity index (χ4v) is 4.77. The van der Waals surface area contributed by atoms with Crippen molar-refractivity contribution >= 4 is 29.0 Å². The molecule has 0 saturated carbocycles. The fraction of sp³-hybridized carbons (Fsp3) is 0.240. The minimum atomic E-state index is -0.547. The van der Waals surface area contributed by atoms with Crippen LogP contribution in [0.2, 0.25) is 0 Å². The van der Waals surface area contributed by atoms with Crippen LogP contribution < -0.4 is 5.32 Å². The average Bonchev–Trinajstić information content (AvgIpc) is 2.81. The van der Waals surface area contributed by atoms with Gasteiger partial charge >= 0.3 is 0 Å². The van der Waals surface area contributed by atoms with E-state index in [2.05, 4.69) is 18.3 Å². The van der Waals surface area contributed by atoms with Crippen LogP contribution in [0.25, 0.3) is 0 Å². The summed E-state index contributed by atoms with van der Waals surface area (Å²) in [5.74, 6) is -0.971. The zero-order valence-corrected chi connectivity index (χ0v) is 19.4. The number of non-ortho nitro benzene ring substituents is 1. The standard InChI is InChI=1S/C25H23N3O4S/c1-4-17-8-10-18(11-9-17)24-21(13-26)25(27-15(2)23(24)16(3)29)33-14-22(30)19-6-5-7-20(12-19)28(31)32/h5-12,24,27H,4,14H2,1-3H3/t24-/m1/s1. The van der Waals surface area contributed by atoms with Gasteiger partial charge in [0.15, 0.2) is 11.6 Å². The van der Waals surface area contributed by atoms with Crippen molar-refractivity contribution in [3.8, 4) is 6.07 Å². The third kappa shape index (κ3) is 5.21. The molecule has 1 heterocycles. The highest BCUT2D eigenvalue weighted by atomic mass is 32.2. The molecule has 0 fully saturated rings. The quantitative estimate of drug-likeness (QED) is 0.332. The van der Waals surface area contributed by atoms with E-state index in [9.17, 15) is 25.0 Å². The average molecular weight is 462 g/mol. The first-order valence-electron chi connectivity index (χ1n) is 10.4. The van der Waals surface area contributed by atoms with E-state index in [1.54, 1.807) is 6.92 Å². The van der Waals surface area contributed by atoms with E-state index >= 15 is 0 Å². The zero-order valence-electron chi connectivity index (χ0n) is 18.5. The second-order valence-corrected chi connectivity index (χ2v) is 8.61. The van der Waals surface area contributed by atoms with Crippen molar-refractivity contribution in [1.29, 1.82) is 5.26 Å². The summed E-state index contributed by atoms with van der Waals surface area (Å²) in [4.78, 5) is 35.6. The number of nitrogens with zero attached hydrogens (tertiary/aromatic N) is 2. The predicted molar refractivity (Wildman–Crippen MR) is 128 cm³/mol. The first-order valence-corrected chi connectivity index (χ1v) is 11.4. The van der Waals surface area contributed by atoms with E-state index in [4.69, 9.17) is 0 Å². The summed E-state index contributed by atoms with van der Waals surface area (Å²) >= 11 is 1.15. The molecule has 33 heavy (non-hydrogen) atoms. The Kier molecular flexibility index (Phi) is 7.46. The number of ketones is 2. The van der Waals surface area contributed by atoms with Crippen molar-refractivity contribution in [3.05, 3.63) is 97.2 Å². The van der Waals surface area contributed by atoms with E-state index in [1.807, 2.05) is 24.3 Å². The minimum absolute atomic E-state index is 0.0150. The molecule has 1 atom stereocenters. The molecule has 8 heteroatoms. The van der Waals surface area contributed by atoms with Crippen molar-refractivity contribution in [2.45, 2.75) is 33.1 Å². The van der Waals surface area contributed by atoms with Crippen LogP contribution in [0, 0.1) is 21.4 Å². The summed E-state index contributed by atoms with van der Waals surface area (Å²) in [5, 5.41) is 24.6. The van der Waals surface area contributed by atoms with Crippen LogP contribution in [0.5, 0.6) is 0 Å². The molecule has 2 aromatic rings. The number of thioether (sulfide) groups is 1. The summed E-state index contributed by atoms with van der Waals surface area (Å²) in [6, 6.07) is 15.6. The SMILES string of the molecule is CCc1ccc([C@@H]2C(C#N)=C(SCC(=O)c3cccc([N+](=O)[O-])c3)NC(C)=C2C(C)=O)cc1. The Labute approximate surface area is 196 Å². The molecule has 0 aliphatic carbocycles. The smallest absolute Gasteiger partial charge is 0.270 e. The topological polar surface area (TPSA) is 113 Å². The Morgan fingerprint density at radius 2 is 1.91 bits per heavy atom. The van der Waals surface area contributed by atoms with Gasteiger partial charge < -0.3 is 5.32 Å². The molecule has 1 aliphatic heterocycles. The number of nitro benzene ring substituents is 1. The molecule has 0 radical (unpaired) electrons. The van der Waals surface area contributed by atoms with Crippen LogP contribution in [0.4, 0.5) is 5.69 Å². The second-order valence-electron chi connectivity index (χ2n) is 7.62. The Morgan fingerprint density at radius 1 is 1.21 bits per heavy atom. The highest BCUT2D eigenvalue weighted by molar-refractivity contribution is 8.03. The van der Waals surface area contributed by atoms with Gasteiger partial charge in [-0.2, -0.15) is 5.26 Å². The van der Waals surface area contributed by atoms with Gasteiger partial charge in [-0.15, -0.1) is 0 Å². The van der Waals surface area contributed by atoms with E-state index in [1.165, 1.54) is 31.2 Å². The van der Waals surface area contributed by atoms with E-state index in [-0.39, 0.29) is 28.6 Å². The first kappa shape index (κ1) is 24.0. The Hall–Kier alpha value is -3.70. The summed E-state index contributed by atoms with van der Waals surface area (Å²) < 4.78 is 0. The summed E-state index contributed by atoms with van der Waals surface area (Å²) in [6.45, 7) is 5.31. The summed E-state index contributed by atoms with van der Waals surface area (Å²) in [7, 11) is 0. The van der Waals surface area contributed by atoms with Gasteiger partial charge in [0, 0.05) is 29.0 Å². The molecule has 2 aromatic carbocycles. The number of carbonyl (C=O) groups excluding carboxylic acids is 2. The van der Waals surface area contributed by atoms with Gasteiger partial charge in [-0.05, 0) is 31.4 Å². The number of aryl methyl sites for hydroxylation is 1. The molecule has 1 aliphatic rings. The number of hydrogen-bond donors (Lipinski definition) is 1. The maximum atomic E-state index is 12.7. The third-order valence-electron chi connectivity index (χ3n) is 5.47. The summed E-state index contributed by atoms with van der Waals surface area (Å²) in [6.07, 6.45) is 0.878. The Morgan fingerprint density at radius 3 is 2.48 bits per heavy atom. The van der Waals surface area contributed by atoms with Gasteiger partial charge in [-0.1, -0.05) is 55.1 Å². The molecule has 0 spiro atoms.